The molecule has 5 nitrogen and oxygen atoms in total. The third-order valence-corrected chi connectivity index (χ3v) is 4.14. The van der Waals surface area contributed by atoms with Crippen molar-refractivity contribution < 1.29 is 4.79 Å². The standard InChI is InChI=1S/C19H24N4O/c1-14-5-4-6-15(11-14)13-23(17-8-9-17)19(24)21-16-7-10-18(20-12-16)22(2)3/h4-7,10-12,17H,8-9,13H2,1-3H3,(H,21,24). The van der Waals surface area contributed by atoms with Crippen molar-refractivity contribution in [3.63, 3.8) is 0 Å². The summed E-state index contributed by atoms with van der Waals surface area (Å²) in [6.07, 6.45) is 3.86. The number of carbonyl (C=O) groups excluding carboxylic acids is 1. The topological polar surface area (TPSA) is 48.5 Å². The van der Waals surface area contributed by atoms with Crippen LogP contribution in [-0.4, -0.2) is 36.1 Å². The number of anilines is 2. The average Bonchev–Trinajstić information content (AvgIpc) is 3.38. The fraction of sp³-hybridized carbons (Fsp3) is 0.368. The Hall–Kier alpha value is -2.56. The molecule has 1 aromatic heterocycles. The quantitative estimate of drug-likeness (QED) is 0.913. The summed E-state index contributed by atoms with van der Waals surface area (Å²) in [7, 11) is 3.88. The third-order valence-electron chi connectivity index (χ3n) is 4.14. The molecule has 1 N–H and O–H groups in total. The van der Waals surface area contributed by atoms with E-state index >= 15 is 0 Å². The Bertz CT molecular complexity index is 708. The molecule has 5 heteroatoms. The molecule has 0 bridgehead atoms. The number of carbonyl (C=O) groups is 1. The number of nitrogens with zero attached hydrogens (tertiary/aromatic N) is 3. The van der Waals surface area contributed by atoms with Crippen LogP contribution in [0.4, 0.5) is 16.3 Å². The highest BCUT2D eigenvalue weighted by Gasteiger charge is 2.32. The summed E-state index contributed by atoms with van der Waals surface area (Å²) in [5.41, 5.74) is 3.10. The van der Waals surface area contributed by atoms with Crippen LogP contribution >= 0.6 is 0 Å². The molecule has 0 aliphatic heterocycles. The van der Waals surface area contributed by atoms with Gasteiger partial charge in [-0.25, -0.2) is 9.78 Å². The molecule has 0 radical (unpaired) electrons. The van der Waals surface area contributed by atoms with E-state index in [0.29, 0.717) is 12.6 Å². The molecule has 1 fully saturated rings. The number of aromatic nitrogens is 1. The first-order valence-corrected chi connectivity index (χ1v) is 8.29. The number of hydrogen-bond acceptors (Lipinski definition) is 3. The lowest BCUT2D eigenvalue weighted by molar-refractivity contribution is 0.206. The first-order valence-electron chi connectivity index (χ1n) is 8.29. The van der Waals surface area contributed by atoms with E-state index in [2.05, 4.69) is 35.4 Å². The highest BCUT2D eigenvalue weighted by molar-refractivity contribution is 5.89. The van der Waals surface area contributed by atoms with Crippen molar-refractivity contribution in [2.75, 3.05) is 24.3 Å². The van der Waals surface area contributed by atoms with Gasteiger partial charge in [-0.2, -0.15) is 0 Å². The van der Waals surface area contributed by atoms with Gasteiger partial charge in [-0.1, -0.05) is 29.8 Å². The smallest absolute Gasteiger partial charge is 0.322 e. The maximum atomic E-state index is 12.7. The van der Waals surface area contributed by atoms with Crippen molar-refractivity contribution in [3.05, 3.63) is 53.7 Å². The minimum absolute atomic E-state index is 0.0570. The van der Waals surface area contributed by atoms with E-state index in [1.165, 1.54) is 5.56 Å². The van der Waals surface area contributed by atoms with Crippen LogP contribution in [0.3, 0.4) is 0 Å². The van der Waals surface area contributed by atoms with E-state index in [4.69, 9.17) is 0 Å². The fourth-order valence-corrected chi connectivity index (χ4v) is 2.68. The maximum absolute atomic E-state index is 12.7. The number of urea groups is 1. The minimum Gasteiger partial charge on any atom is -0.363 e. The zero-order chi connectivity index (χ0) is 17.1. The monoisotopic (exact) mass is 324 g/mol. The van der Waals surface area contributed by atoms with Crippen LogP contribution < -0.4 is 10.2 Å². The molecule has 1 aliphatic rings. The van der Waals surface area contributed by atoms with Gasteiger partial charge < -0.3 is 15.1 Å². The van der Waals surface area contributed by atoms with Gasteiger partial charge in [-0.15, -0.1) is 0 Å². The van der Waals surface area contributed by atoms with Crippen LogP contribution in [0.15, 0.2) is 42.6 Å². The van der Waals surface area contributed by atoms with Gasteiger partial charge in [0.1, 0.15) is 5.82 Å². The second-order valence-electron chi connectivity index (χ2n) is 6.58. The van der Waals surface area contributed by atoms with Gasteiger partial charge in [-0.05, 0) is 37.5 Å². The molecule has 0 atom stereocenters. The van der Waals surface area contributed by atoms with Gasteiger partial charge in [0.15, 0.2) is 0 Å². The zero-order valence-corrected chi connectivity index (χ0v) is 14.5. The molecule has 1 saturated carbocycles. The third kappa shape index (κ3) is 4.04. The number of amides is 2. The molecular weight excluding hydrogens is 300 g/mol. The van der Waals surface area contributed by atoms with Gasteiger partial charge in [0, 0.05) is 26.7 Å². The van der Waals surface area contributed by atoms with Crippen LogP contribution in [0.5, 0.6) is 0 Å². The van der Waals surface area contributed by atoms with E-state index in [1.807, 2.05) is 42.1 Å². The molecule has 2 aromatic rings. The average molecular weight is 324 g/mol. The summed E-state index contributed by atoms with van der Waals surface area (Å²) in [5, 5.41) is 2.97. The molecule has 2 amide bonds. The molecule has 0 saturated heterocycles. The highest BCUT2D eigenvalue weighted by atomic mass is 16.2. The molecule has 1 aliphatic carbocycles. The van der Waals surface area contributed by atoms with Crippen molar-refractivity contribution >= 4 is 17.5 Å². The lowest BCUT2D eigenvalue weighted by Crippen LogP contribution is -2.36. The van der Waals surface area contributed by atoms with E-state index < -0.39 is 0 Å². The molecule has 1 aromatic carbocycles. The van der Waals surface area contributed by atoms with E-state index in [1.54, 1.807) is 6.20 Å². The Morgan fingerprint density at radius 1 is 1.25 bits per heavy atom. The first-order chi connectivity index (χ1) is 11.5. The van der Waals surface area contributed by atoms with Crippen LogP contribution in [0.1, 0.15) is 24.0 Å². The van der Waals surface area contributed by atoms with Crippen molar-refractivity contribution in [2.24, 2.45) is 0 Å². The minimum atomic E-state index is -0.0570. The first kappa shape index (κ1) is 16.3. The number of rotatable bonds is 5. The number of aryl methyl sites for hydroxylation is 1. The highest BCUT2D eigenvalue weighted by Crippen LogP contribution is 2.29. The van der Waals surface area contributed by atoms with Gasteiger partial charge in [0.25, 0.3) is 0 Å². The number of hydrogen-bond donors (Lipinski definition) is 1. The van der Waals surface area contributed by atoms with Crippen LogP contribution in [0.25, 0.3) is 0 Å². The lowest BCUT2D eigenvalue weighted by Gasteiger charge is -2.23. The predicted octanol–water partition coefficient (Wildman–Crippen LogP) is 3.65. The molecule has 126 valence electrons. The zero-order valence-electron chi connectivity index (χ0n) is 14.5. The van der Waals surface area contributed by atoms with Crippen molar-refractivity contribution in [2.45, 2.75) is 32.4 Å². The second-order valence-corrected chi connectivity index (χ2v) is 6.58. The lowest BCUT2D eigenvalue weighted by atomic mass is 10.1. The van der Waals surface area contributed by atoms with E-state index in [-0.39, 0.29) is 6.03 Å². The van der Waals surface area contributed by atoms with E-state index in [0.717, 1.165) is 29.9 Å². The summed E-state index contributed by atoms with van der Waals surface area (Å²) in [4.78, 5) is 20.9. The van der Waals surface area contributed by atoms with Crippen molar-refractivity contribution in [1.29, 1.82) is 0 Å². The molecule has 1 heterocycles. The van der Waals surface area contributed by atoms with E-state index in [9.17, 15) is 4.79 Å². The largest absolute Gasteiger partial charge is 0.363 e. The Balaban J connectivity index is 1.68. The summed E-state index contributed by atoms with van der Waals surface area (Å²) >= 11 is 0. The maximum Gasteiger partial charge on any atom is 0.322 e. The summed E-state index contributed by atoms with van der Waals surface area (Å²) in [6.45, 7) is 2.71. The van der Waals surface area contributed by atoms with Gasteiger partial charge in [0.2, 0.25) is 0 Å². The van der Waals surface area contributed by atoms with Crippen molar-refractivity contribution in [3.8, 4) is 0 Å². The molecule has 0 spiro atoms. The summed E-state index contributed by atoms with van der Waals surface area (Å²) in [6, 6.07) is 12.4. The Kier molecular flexibility index (Phi) is 4.69. The molecular formula is C19H24N4O. The van der Waals surface area contributed by atoms with Crippen LogP contribution in [0.2, 0.25) is 0 Å². The Morgan fingerprint density at radius 2 is 2.04 bits per heavy atom. The number of pyridine rings is 1. The second kappa shape index (κ2) is 6.91. The molecule has 24 heavy (non-hydrogen) atoms. The SMILES string of the molecule is Cc1cccc(CN(C(=O)Nc2ccc(N(C)C)nc2)C2CC2)c1. The molecule has 0 unspecified atom stereocenters. The van der Waals surface area contributed by atoms with Crippen molar-refractivity contribution in [1.82, 2.24) is 9.88 Å². The Morgan fingerprint density at radius 3 is 2.62 bits per heavy atom. The van der Waals surface area contributed by atoms with Gasteiger partial charge >= 0.3 is 6.03 Å². The number of benzene rings is 1. The van der Waals surface area contributed by atoms with Crippen LogP contribution in [-0.2, 0) is 6.54 Å². The number of nitrogens with one attached hydrogen (secondary N) is 1. The molecule has 3 rings (SSSR count). The fourth-order valence-electron chi connectivity index (χ4n) is 2.68. The Labute approximate surface area is 143 Å². The van der Waals surface area contributed by atoms with Gasteiger partial charge in [0.05, 0.1) is 11.9 Å². The normalized spacial score (nSPS) is 13.5. The summed E-state index contributed by atoms with van der Waals surface area (Å²) < 4.78 is 0. The predicted molar refractivity (Wildman–Crippen MR) is 97.3 cm³/mol. The van der Waals surface area contributed by atoms with Gasteiger partial charge in [-0.3, -0.25) is 0 Å². The summed E-state index contributed by atoms with van der Waals surface area (Å²) in [5.74, 6) is 0.867. The van der Waals surface area contributed by atoms with Crippen LogP contribution in [0, 0.1) is 6.92 Å².